The molecule has 0 saturated carbocycles. The van der Waals surface area contributed by atoms with Gasteiger partial charge >= 0.3 is 0 Å². The summed E-state index contributed by atoms with van der Waals surface area (Å²) >= 11 is 0. The highest BCUT2D eigenvalue weighted by Gasteiger charge is 2.27. The molecule has 0 radical (unpaired) electrons. The maximum absolute atomic E-state index is 13.3. The van der Waals surface area contributed by atoms with Crippen LogP contribution in [-0.2, 0) is 21.2 Å². The predicted molar refractivity (Wildman–Crippen MR) is 135 cm³/mol. The monoisotopic (exact) mass is 508 g/mol. The van der Waals surface area contributed by atoms with Gasteiger partial charge < -0.3 is 14.6 Å². The Bertz CT molecular complexity index is 1460. The van der Waals surface area contributed by atoms with Gasteiger partial charge in [-0.15, -0.1) is 0 Å². The molecular weight excluding hydrogens is 480 g/mol. The van der Waals surface area contributed by atoms with E-state index in [1.165, 1.54) is 6.26 Å². The van der Waals surface area contributed by atoms with E-state index >= 15 is 0 Å². The summed E-state index contributed by atoms with van der Waals surface area (Å²) in [6.45, 7) is 5.41. The van der Waals surface area contributed by atoms with E-state index in [0.717, 1.165) is 31.0 Å². The average molecular weight is 509 g/mol. The van der Waals surface area contributed by atoms with Gasteiger partial charge in [0.2, 0.25) is 5.91 Å². The van der Waals surface area contributed by atoms with Gasteiger partial charge in [-0.3, -0.25) is 19.1 Å². The number of imidazole rings is 1. The van der Waals surface area contributed by atoms with Gasteiger partial charge in [0, 0.05) is 50.4 Å². The molecule has 5 rings (SSSR count). The number of amides is 1. The van der Waals surface area contributed by atoms with Crippen LogP contribution in [0.3, 0.4) is 0 Å². The van der Waals surface area contributed by atoms with Crippen molar-refractivity contribution in [1.82, 2.24) is 24.2 Å². The minimum Gasteiger partial charge on any atom is -0.468 e. The van der Waals surface area contributed by atoms with Crippen molar-refractivity contribution in [3.05, 3.63) is 67.0 Å². The molecule has 1 N–H and O–H groups in total. The highest BCUT2D eigenvalue weighted by atomic mass is 32.2. The number of aromatic nitrogens is 3. The molecule has 1 aliphatic rings. The number of piperazine rings is 1. The molecule has 4 aromatic rings. The third-order valence-corrected chi connectivity index (χ3v) is 7.48. The zero-order chi connectivity index (χ0) is 25.3. The summed E-state index contributed by atoms with van der Waals surface area (Å²) < 4.78 is 31.0. The van der Waals surface area contributed by atoms with Gasteiger partial charge in [0.05, 0.1) is 23.9 Å². The Morgan fingerprint density at radius 1 is 1.14 bits per heavy atom. The van der Waals surface area contributed by atoms with Gasteiger partial charge in [0.1, 0.15) is 23.3 Å². The number of sulfone groups is 1. The van der Waals surface area contributed by atoms with E-state index in [0.29, 0.717) is 30.2 Å². The lowest BCUT2D eigenvalue weighted by atomic mass is 10.1. The highest BCUT2D eigenvalue weighted by Crippen LogP contribution is 2.30. The van der Waals surface area contributed by atoms with E-state index in [2.05, 4.69) is 15.2 Å². The van der Waals surface area contributed by atoms with Crippen LogP contribution < -0.4 is 5.32 Å². The van der Waals surface area contributed by atoms with Gasteiger partial charge in [-0.25, -0.2) is 13.4 Å². The Morgan fingerprint density at radius 3 is 2.56 bits per heavy atom. The number of fused-ring (bicyclic) bond motifs is 1. The molecule has 1 unspecified atom stereocenters. The second-order valence-electron chi connectivity index (χ2n) is 8.96. The largest absolute Gasteiger partial charge is 0.468 e. The van der Waals surface area contributed by atoms with Crippen LogP contribution >= 0.6 is 0 Å². The molecule has 188 valence electrons. The topological polar surface area (TPSA) is 113 Å². The van der Waals surface area contributed by atoms with E-state index in [4.69, 9.17) is 9.40 Å². The Kier molecular flexibility index (Phi) is 6.50. The maximum atomic E-state index is 13.3. The minimum atomic E-state index is -3.31. The van der Waals surface area contributed by atoms with Crippen molar-refractivity contribution in [2.45, 2.75) is 24.4 Å². The summed E-state index contributed by atoms with van der Waals surface area (Å²) in [4.78, 5) is 26.5. The lowest BCUT2D eigenvalue weighted by Gasteiger charge is -2.35. The lowest BCUT2D eigenvalue weighted by molar-refractivity contribution is -0.133. The SMILES string of the molecule is CC(Nc1c(-c2ccc(S(C)(=O)=O)cc2)nc2cnccn12)C(=O)N1CCN(Cc2ccco2)CC1. The van der Waals surface area contributed by atoms with Crippen LogP contribution in [0.2, 0.25) is 0 Å². The second-order valence-corrected chi connectivity index (χ2v) is 11.0. The number of rotatable bonds is 7. The van der Waals surface area contributed by atoms with E-state index in [1.54, 1.807) is 49.1 Å². The van der Waals surface area contributed by atoms with Gasteiger partial charge in [0.25, 0.3) is 0 Å². The molecule has 1 saturated heterocycles. The standard InChI is InChI=1S/C25H28N6O4S/c1-18(25(32)30-13-11-29(12-14-30)17-20-4-3-15-35-20)27-24-23(28-22-16-26-9-10-31(22)24)19-5-7-21(8-6-19)36(2,33)34/h3-10,15-16,18,27H,11-14,17H2,1-2H3. The Balaban J connectivity index is 1.33. The third kappa shape index (κ3) is 4.98. The Labute approximate surface area is 209 Å². The number of carbonyl (C=O) groups is 1. The highest BCUT2D eigenvalue weighted by molar-refractivity contribution is 7.90. The van der Waals surface area contributed by atoms with Crippen LogP contribution in [0, 0.1) is 0 Å². The van der Waals surface area contributed by atoms with Crippen molar-refractivity contribution in [2.75, 3.05) is 37.8 Å². The lowest BCUT2D eigenvalue weighted by Crippen LogP contribution is -2.51. The van der Waals surface area contributed by atoms with Crippen molar-refractivity contribution in [3.8, 4) is 11.3 Å². The number of hydrogen-bond donors (Lipinski definition) is 1. The van der Waals surface area contributed by atoms with Crippen molar-refractivity contribution < 1.29 is 17.6 Å². The molecule has 0 bridgehead atoms. The molecular formula is C25H28N6O4S. The van der Waals surface area contributed by atoms with Crippen LogP contribution in [-0.4, -0.2) is 77.0 Å². The Hall–Kier alpha value is -3.70. The molecule has 1 aromatic carbocycles. The number of furan rings is 1. The molecule has 1 aliphatic heterocycles. The molecule has 1 fully saturated rings. The molecule has 4 heterocycles. The molecule has 0 aliphatic carbocycles. The number of nitrogens with one attached hydrogen (secondary N) is 1. The van der Waals surface area contributed by atoms with Gasteiger partial charge in [-0.1, -0.05) is 12.1 Å². The zero-order valence-electron chi connectivity index (χ0n) is 20.2. The maximum Gasteiger partial charge on any atom is 0.244 e. The first-order chi connectivity index (χ1) is 17.3. The number of hydrogen-bond acceptors (Lipinski definition) is 8. The van der Waals surface area contributed by atoms with Crippen LogP contribution in [0.4, 0.5) is 5.82 Å². The number of anilines is 1. The van der Waals surface area contributed by atoms with Crippen molar-refractivity contribution >= 4 is 27.2 Å². The molecule has 0 spiro atoms. The molecule has 3 aromatic heterocycles. The quantitative estimate of drug-likeness (QED) is 0.405. The van der Waals surface area contributed by atoms with Gasteiger partial charge in [-0.05, 0) is 31.2 Å². The summed E-state index contributed by atoms with van der Waals surface area (Å²) in [6, 6.07) is 9.92. The summed E-state index contributed by atoms with van der Waals surface area (Å²) in [5.41, 5.74) is 1.97. The van der Waals surface area contributed by atoms with Crippen molar-refractivity contribution in [3.63, 3.8) is 0 Å². The third-order valence-electron chi connectivity index (χ3n) is 6.35. The van der Waals surface area contributed by atoms with E-state index in [1.807, 2.05) is 28.4 Å². The fourth-order valence-electron chi connectivity index (χ4n) is 4.40. The molecule has 1 atom stereocenters. The number of carbonyl (C=O) groups excluding carboxylic acids is 1. The fraction of sp³-hybridized carbons (Fsp3) is 0.320. The van der Waals surface area contributed by atoms with E-state index < -0.39 is 15.9 Å². The van der Waals surface area contributed by atoms with E-state index in [-0.39, 0.29) is 10.8 Å². The Morgan fingerprint density at radius 2 is 1.89 bits per heavy atom. The summed E-state index contributed by atoms with van der Waals surface area (Å²) in [6.07, 6.45) is 7.93. The molecule has 10 nitrogen and oxygen atoms in total. The van der Waals surface area contributed by atoms with E-state index in [9.17, 15) is 13.2 Å². The van der Waals surface area contributed by atoms with Gasteiger partial charge in [-0.2, -0.15) is 0 Å². The van der Waals surface area contributed by atoms with Crippen molar-refractivity contribution in [1.29, 1.82) is 0 Å². The van der Waals surface area contributed by atoms with Crippen LogP contribution in [0.25, 0.3) is 16.9 Å². The van der Waals surface area contributed by atoms with Crippen LogP contribution in [0.15, 0.2) is 70.6 Å². The van der Waals surface area contributed by atoms with Crippen molar-refractivity contribution in [2.24, 2.45) is 0 Å². The first-order valence-corrected chi connectivity index (χ1v) is 13.6. The summed E-state index contributed by atoms with van der Waals surface area (Å²) in [5.74, 6) is 1.58. The van der Waals surface area contributed by atoms with Crippen LogP contribution in [0.5, 0.6) is 0 Å². The second kappa shape index (κ2) is 9.75. The average Bonchev–Trinajstić information content (AvgIpc) is 3.52. The zero-order valence-corrected chi connectivity index (χ0v) is 21.0. The minimum absolute atomic E-state index is 0.00929. The van der Waals surface area contributed by atoms with Crippen LogP contribution in [0.1, 0.15) is 12.7 Å². The smallest absolute Gasteiger partial charge is 0.244 e. The molecule has 1 amide bonds. The summed E-state index contributed by atoms with van der Waals surface area (Å²) in [7, 11) is -3.31. The number of benzene rings is 1. The molecule has 11 heteroatoms. The first-order valence-electron chi connectivity index (χ1n) is 11.7. The first kappa shape index (κ1) is 24.0. The fourth-order valence-corrected chi connectivity index (χ4v) is 5.03. The summed E-state index contributed by atoms with van der Waals surface area (Å²) in [5, 5.41) is 3.36. The normalized spacial score (nSPS) is 15.8. The molecule has 36 heavy (non-hydrogen) atoms. The van der Waals surface area contributed by atoms with Gasteiger partial charge in [0.15, 0.2) is 15.5 Å². The number of nitrogens with zero attached hydrogens (tertiary/aromatic N) is 5. The predicted octanol–water partition coefficient (Wildman–Crippen LogP) is 2.54.